The molecule has 1 fully saturated rings. The van der Waals surface area contributed by atoms with Crippen molar-refractivity contribution in [1.82, 2.24) is 4.90 Å². The van der Waals surface area contributed by atoms with Crippen molar-refractivity contribution >= 4 is 11.6 Å². The molecular weight excluding hydrogens is 262 g/mol. The Labute approximate surface area is 127 Å². The summed E-state index contributed by atoms with van der Waals surface area (Å²) in [4.78, 5) is 15.9. The number of nitrogens with zero attached hydrogens (tertiary/aromatic N) is 3. The van der Waals surface area contributed by atoms with E-state index in [1.54, 1.807) is 4.90 Å². The van der Waals surface area contributed by atoms with E-state index in [0.29, 0.717) is 13.1 Å². The molecule has 4 nitrogen and oxygen atoms in total. The lowest BCUT2D eigenvalue weighted by Crippen LogP contribution is -2.49. The van der Waals surface area contributed by atoms with Crippen LogP contribution >= 0.6 is 0 Å². The highest BCUT2D eigenvalue weighted by molar-refractivity contribution is 5.78. The first-order chi connectivity index (χ1) is 9.93. The quantitative estimate of drug-likeness (QED) is 0.839. The van der Waals surface area contributed by atoms with Gasteiger partial charge in [-0.3, -0.25) is 4.79 Å². The Morgan fingerprint density at radius 1 is 1.19 bits per heavy atom. The summed E-state index contributed by atoms with van der Waals surface area (Å²) < 4.78 is 0. The number of carbonyl (C=O) groups is 1. The lowest BCUT2D eigenvalue weighted by Gasteiger charge is -2.38. The maximum atomic E-state index is 11.8. The number of hydrogen-bond acceptors (Lipinski definition) is 3. The molecule has 1 amide bonds. The highest BCUT2D eigenvalue weighted by Crippen LogP contribution is 2.32. The van der Waals surface area contributed by atoms with Crippen molar-refractivity contribution in [3.05, 3.63) is 29.8 Å². The Bertz CT molecular complexity index is 546. The summed E-state index contributed by atoms with van der Waals surface area (Å²) in [5.41, 5.74) is 2.70. The molecule has 0 aromatic heterocycles. The van der Waals surface area contributed by atoms with Gasteiger partial charge >= 0.3 is 0 Å². The molecule has 4 heteroatoms. The zero-order chi connectivity index (χ0) is 15.5. The molecule has 2 rings (SSSR count). The molecule has 1 saturated heterocycles. The predicted molar refractivity (Wildman–Crippen MR) is 84.2 cm³/mol. The standard InChI is InChI=1S/C17H23N3O/c1-17(2,3)14-6-4-5-7-15(14)19-10-12-20(13-11-19)16(21)8-9-18/h4-7H,8,10-13H2,1-3H3. The molecule has 0 aliphatic carbocycles. The smallest absolute Gasteiger partial charge is 0.236 e. The van der Waals surface area contributed by atoms with E-state index in [0.717, 1.165) is 13.1 Å². The Kier molecular flexibility index (Phi) is 4.52. The van der Waals surface area contributed by atoms with Gasteiger partial charge in [0, 0.05) is 31.9 Å². The van der Waals surface area contributed by atoms with Crippen LogP contribution in [0.2, 0.25) is 0 Å². The average molecular weight is 285 g/mol. The van der Waals surface area contributed by atoms with Gasteiger partial charge in [-0.2, -0.15) is 5.26 Å². The molecule has 1 aliphatic rings. The topological polar surface area (TPSA) is 47.3 Å². The van der Waals surface area contributed by atoms with E-state index in [2.05, 4.69) is 49.9 Å². The fraction of sp³-hybridized carbons (Fsp3) is 0.529. The minimum atomic E-state index is -0.0544. The first-order valence-corrected chi connectivity index (χ1v) is 7.42. The van der Waals surface area contributed by atoms with Crippen molar-refractivity contribution in [3.8, 4) is 6.07 Å². The number of rotatable bonds is 2. The third kappa shape index (κ3) is 3.55. The molecule has 112 valence electrons. The van der Waals surface area contributed by atoms with Crippen LogP contribution in [0.3, 0.4) is 0 Å². The summed E-state index contributed by atoms with van der Waals surface area (Å²) in [5, 5.41) is 8.62. The van der Waals surface area contributed by atoms with Crippen LogP contribution in [0.1, 0.15) is 32.8 Å². The number of benzene rings is 1. The third-order valence-electron chi connectivity index (χ3n) is 3.92. The van der Waals surface area contributed by atoms with Gasteiger partial charge in [0.25, 0.3) is 0 Å². The molecule has 1 aliphatic heterocycles. The molecule has 0 atom stereocenters. The van der Waals surface area contributed by atoms with Crippen LogP contribution in [0.5, 0.6) is 0 Å². The van der Waals surface area contributed by atoms with Crippen LogP contribution in [0.4, 0.5) is 5.69 Å². The van der Waals surface area contributed by atoms with Crippen molar-refractivity contribution in [2.75, 3.05) is 31.1 Å². The lowest BCUT2D eigenvalue weighted by atomic mass is 9.85. The Morgan fingerprint density at radius 3 is 2.38 bits per heavy atom. The third-order valence-corrected chi connectivity index (χ3v) is 3.92. The van der Waals surface area contributed by atoms with Gasteiger partial charge in [-0.05, 0) is 17.0 Å². The second-order valence-electron chi connectivity index (χ2n) is 6.47. The molecule has 1 heterocycles. The maximum Gasteiger partial charge on any atom is 0.236 e. The molecule has 21 heavy (non-hydrogen) atoms. The van der Waals surface area contributed by atoms with Gasteiger partial charge in [0.15, 0.2) is 0 Å². The van der Waals surface area contributed by atoms with Gasteiger partial charge in [0.05, 0.1) is 6.07 Å². The van der Waals surface area contributed by atoms with E-state index in [9.17, 15) is 4.79 Å². The monoisotopic (exact) mass is 285 g/mol. The Morgan fingerprint density at radius 2 is 1.81 bits per heavy atom. The summed E-state index contributed by atoms with van der Waals surface area (Å²) in [6.45, 7) is 9.70. The van der Waals surface area contributed by atoms with Crippen LogP contribution < -0.4 is 4.90 Å². The number of anilines is 1. The summed E-state index contributed by atoms with van der Waals surface area (Å²) >= 11 is 0. The van der Waals surface area contributed by atoms with Gasteiger partial charge in [-0.25, -0.2) is 0 Å². The van der Waals surface area contributed by atoms with Crippen LogP contribution in [0, 0.1) is 11.3 Å². The van der Waals surface area contributed by atoms with Crippen molar-refractivity contribution in [2.24, 2.45) is 0 Å². The van der Waals surface area contributed by atoms with Gasteiger partial charge in [0.2, 0.25) is 5.91 Å². The molecule has 0 unspecified atom stereocenters. The van der Waals surface area contributed by atoms with E-state index in [-0.39, 0.29) is 17.7 Å². The van der Waals surface area contributed by atoms with Crippen LogP contribution in [-0.2, 0) is 10.2 Å². The minimum absolute atomic E-state index is 0.0153. The normalized spacial score (nSPS) is 15.7. The molecule has 1 aromatic carbocycles. The number of amides is 1. The fourth-order valence-corrected chi connectivity index (χ4v) is 2.76. The van der Waals surface area contributed by atoms with Crippen molar-refractivity contribution in [1.29, 1.82) is 5.26 Å². The van der Waals surface area contributed by atoms with E-state index in [4.69, 9.17) is 5.26 Å². The zero-order valence-electron chi connectivity index (χ0n) is 13.1. The van der Waals surface area contributed by atoms with Crippen molar-refractivity contribution < 1.29 is 4.79 Å². The zero-order valence-corrected chi connectivity index (χ0v) is 13.1. The van der Waals surface area contributed by atoms with Crippen molar-refractivity contribution in [2.45, 2.75) is 32.6 Å². The first-order valence-electron chi connectivity index (χ1n) is 7.42. The summed E-state index contributed by atoms with van der Waals surface area (Å²) in [5.74, 6) is -0.0544. The summed E-state index contributed by atoms with van der Waals surface area (Å²) in [7, 11) is 0. The van der Waals surface area contributed by atoms with Gasteiger partial charge < -0.3 is 9.80 Å². The second-order valence-corrected chi connectivity index (χ2v) is 6.47. The predicted octanol–water partition coefficient (Wildman–Crippen LogP) is 2.55. The molecule has 0 N–H and O–H groups in total. The van der Waals surface area contributed by atoms with E-state index < -0.39 is 0 Å². The molecule has 0 saturated carbocycles. The number of nitriles is 1. The van der Waals surface area contributed by atoms with Gasteiger partial charge in [-0.15, -0.1) is 0 Å². The Balaban J connectivity index is 2.10. The van der Waals surface area contributed by atoms with Crippen LogP contribution in [0.25, 0.3) is 0 Å². The lowest BCUT2D eigenvalue weighted by molar-refractivity contribution is -0.130. The van der Waals surface area contributed by atoms with Gasteiger partial charge in [0.1, 0.15) is 6.42 Å². The SMILES string of the molecule is CC(C)(C)c1ccccc1N1CCN(C(=O)CC#N)CC1. The largest absolute Gasteiger partial charge is 0.368 e. The summed E-state index contributed by atoms with van der Waals surface area (Å²) in [6.07, 6.45) is -0.0153. The number of hydrogen-bond donors (Lipinski definition) is 0. The Hall–Kier alpha value is -2.02. The van der Waals surface area contributed by atoms with E-state index >= 15 is 0 Å². The highest BCUT2D eigenvalue weighted by atomic mass is 16.2. The van der Waals surface area contributed by atoms with Crippen LogP contribution in [0.15, 0.2) is 24.3 Å². The molecular formula is C17H23N3O. The van der Waals surface area contributed by atoms with Crippen molar-refractivity contribution in [3.63, 3.8) is 0 Å². The number of para-hydroxylation sites is 1. The van der Waals surface area contributed by atoms with E-state index in [1.165, 1.54) is 11.3 Å². The van der Waals surface area contributed by atoms with Crippen LogP contribution in [-0.4, -0.2) is 37.0 Å². The molecule has 1 aromatic rings. The maximum absolute atomic E-state index is 11.8. The molecule has 0 radical (unpaired) electrons. The second kappa shape index (κ2) is 6.17. The number of carbonyl (C=O) groups excluding carboxylic acids is 1. The minimum Gasteiger partial charge on any atom is -0.368 e. The van der Waals surface area contributed by atoms with E-state index in [1.807, 2.05) is 6.07 Å². The first kappa shape index (κ1) is 15.4. The molecule has 0 bridgehead atoms. The highest BCUT2D eigenvalue weighted by Gasteiger charge is 2.25. The summed E-state index contributed by atoms with van der Waals surface area (Å²) in [6, 6.07) is 10.4. The average Bonchev–Trinajstić information content (AvgIpc) is 2.47. The fourth-order valence-electron chi connectivity index (χ4n) is 2.76. The molecule has 0 spiro atoms. The number of piperazine rings is 1. The van der Waals surface area contributed by atoms with Gasteiger partial charge in [-0.1, -0.05) is 39.0 Å².